The van der Waals surface area contributed by atoms with Gasteiger partial charge in [-0.2, -0.15) is 0 Å². The summed E-state index contributed by atoms with van der Waals surface area (Å²) in [5.41, 5.74) is 0.830. The van der Waals surface area contributed by atoms with Gasteiger partial charge in [-0.3, -0.25) is 4.99 Å². The van der Waals surface area contributed by atoms with E-state index in [4.69, 9.17) is 0 Å². The van der Waals surface area contributed by atoms with Crippen molar-refractivity contribution in [3.05, 3.63) is 60.4 Å². The molecule has 6 nitrogen and oxygen atoms in total. The monoisotopic (exact) mass is 376 g/mol. The highest BCUT2D eigenvalue weighted by Crippen LogP contribution is 2.07. The van der Waals surface area contributed by atoms with Crippen molar-refractivity contribution in [3.8, 4) is 0 Å². The Hall–Kier alpha value is -2.28. The molecule has 0 aliphatic carbocycles. The molecule has 1 aromatic carbocycles. The number of sulfone groups is 1. The van der Waals surface area contributed by atoms with Crippen molar-refractivity contribution in [1.29, 1.82) is 0 Å². The quantitative estimate of drug-likeness (QED) is 0.378. The number of nitrogens with one attached hydrogen (secondary N) is 2. The van der Waals surface area contributed by atoms with Crippen molar-refractivity contribution in [3.63, 3.8) is 0 Å². The maximum atomic E-state index is 12.2. The van der Waals surface area contributed by atoms with E-state index in [1.807, 2.05) is 61.8 Å². The molecule has 7 heteroatoms. The molecule has 0 aliphatic heterocycles. The van der Waals surface area contributed by atoms with Crippen molar-refractivity contribution in [2.45, 2.75) is 25.6 Å². The van der Waals surface area contributed by atoms with Gasteiger partial charge < -0.3 is 15.2 Å². The van der Waals surface area contributed by atoms with Crippen LogP contribution in [0.2, 0.25) is 0 Å². The first kappa shape index (κ1) is 20.0. The zero-order valence-electron chi connectivity index (χ0n) is 15.3. The Labute approximate surface area is 156 Å². The van der Waals surface area contributed by atoms with E-state index in [0.717, 1.165) is 31.2 Å². The Morgan fingerprint density at radius 1 is 1.08 bits per heavy atom. The van der Waals surface area contributed by atoms with E-state index in [-0.39, 0.29) is 11.5 Å². The van der Waals surface area contributed by atoms with Crippen LogP contribution >= 0.6 is 0 Å². The molecule has 1 aromatic heterocycles. The van der Waals surface area contributed by atoms with Crippen LogP contribution in [0.15, 0.2) is 59.9 Å². The number of aromatic nitrogens is 1. The van der Waals surface area contributed by atoms with Crippen LogP contribution in [0.25, 0.3) is 0 Å². The topological polar surface area (TPSA) is 75.5 Å². The van der Waals surface area contributed by atoms with Gasteiger partial charge >= 0.3 is 0 Å². The van der Waals surface area contributed by atoms with Crippen molar-refractivity contribution in [2.75, 3.05) is 25.4 Å². The highest BCUT2D eigenvalue weighted by atomic mass is 32.2. The van der Waals surface area contributed by atoms with Crippen LogP contribution in [0.3, 0.4) is 0 Å². The van der Waals surface area contributed by atoms with Gasteiger partial charge in [-0.25, -0.2) is 8.42 Å². The molecule has 0 saturated carbocycles. The summed E-state index contributed by atoms with van der Waals surface area (Å²) in [5, 5.41) is 6.45. The van der Waals surface area contributed by atoms with Gasteiger partial charge in [-0.15, -0.1) is 0 Å². The van der Waals surface area contributed by atoms with Crippen LogP contribution < -0.4 is 10.6 Å². The number of benzene rings is 1. The Kier molecular flexibility index (Phi) is 8.21. The van der Waals surface area contributed by atoms with Crippen LogP contribution in [-0.2, 0) is 22.1 Å². The van der Waals surface area contributed by atoms with E-state index in [0.29, 0.717) is 13.0 Å². The molecule has 2 rings (SSSR count). The minimum absolute atomic E-state index is 0.0900. The average molecular weight is 377 g/mol. The molecule has 0 aliphatic rings. The minimum Gasteiger partial charge on any atom is -0.357 e. The number of rotatable bonds is 10. The summed E-state index contributed by atoms with van der Waals surface area (Å²) >= 11 is 0. The van der Waals surface area contributed by atoms with E-state index in [9.17, 15) is 8.42 Å². The van der Waals surface area contributed by atoms with Gasteiger partial charge in [0, 0.05) is 38.6 Å². The Balaban J connectivity index is 1.74. The summed E-state index contributed by atoms with van der Waals surface area (Å²) in [6.07, 6.45) is 4.55. The van der Waals surface area contributed by atoms with Crippen LogP contribution in [0.1, 0.15) is 18.9 Å². The van der Waals surface area contributed by atoms with E-state index < -0.39 is 9.84 Å². The normalized spacial score (nSPS) is 12.1. The van der Waals surface area contributed by atoms with E-state index in [1.165, 1.54) is 0 Å². The molecule has 142 valence electrons. The van der Waals surface area contributed by atoms with Crippen LogP contribution in [0.4, 0.5) is 0 Å². The van der Waals surface area contributed by atoms with Crippen LogP contribution in [0.5, 0.6) is 0 Å². The lowest BCUT2D eigenvalue weighted by Crippen LogP contribution is -2.39. The number of nitrogens with zero attached hydrogens (tertiary/aromatic N) is 2. The molecule has 0 unspecified atom stereocenters. The van der Waals surface area contributed by atoms with Crippen LogP contribution in [-0.4, -0.2) is 44.3 Å². The standard InChI is InChI=1S/C19H28N4O2S/c1-2-20-19(22-12-15-23-13-6-7-14-23)21-11-8-16-26(24,25)17-18-9-4-3-5-10-18/h3-7,9-10,13-14H,2,8,11-12,15-17H2,1H3,(H2,20,21,22). The first-order valence-corrected chi connectivity index (χ1v) is 10.8. The van der Waals surface area contributed by atoms with Crippen molar-refractivity contribution in [2.24, 2.45) is 4.99 Å². The number of hydrogen-bond acceptors (Lipinski definition) is 3. The number of aliphatic imine (C=N–C) groups is 1. The maximum absolute atomic E-state index is 12.2. The SMILES string of the molecule is CCNC(=NCCCS(=O)(=O)Cc1ccccc1)NCCn1cccc1. The van der Waals surface area contributed by atoms with Crippen LogP contribution in [0, 0.1) is 0 Å². The molecule has 0 bridgehead atoms. The second kappa shape index (κ2) is 10.7. The third-order valence-electron chi connectivity index (χ3n) is 3.79. The van der Waals surface area contributed by atoms with Gasteiger partial charge in [0.1, 0.15) is 0 Å². The molecule has 0 atom stereocenters. The average Bonchev–Trinajstić information content (AvgIpc) is 3.12. The molecule has 2 aromatic rings. The Morgan fingerprint density at radius 2 is 1.81 bits per heavy atom. The Morgan fingerprint density at radius 3 is 2.50 bits per heavy atom. The zero-order valence-corrected chi connectivity index (χ0v) is 16.1. The largest absolute Gasteiger partial charge is 0.357 e. The minimum atomic E-state index is -3.10. The fourth-order valence-corrected chi connectivity index (χ4v) is 3.95. The predicted octanol–water partition coefficient (Wildman–Crippen LogP) is 2.05. The first-order valence-electron chi connectivity index (χ1n) is 8.96. The highest BCUT2D eigenvalue weighted by molar-refractivity contribution is 7.90. The fraction of sp³-hybridized carbons (Fsp3) is 0.421. The molecule has 0 radical (unpaired) electrons. The lowest BCUT2D eigenvalue weighted by molar-refractivity contribution is 0.592. The van der Waals surface area contributed by atoms with E-state index in [2.05, 4.69) is 20.2 Å². The summed E-state index contributed by atoms with van der Waals surface area (Å²) in [6.45, 7) is 4.86. The predicted molar refractivity (Wildman–Crippen MR) is 107 cm³/mol. The molecule has 0 spiro atoms. The third-order valence-corrected chi connectivity index (χ3v) is 5.47. The molecule has 0 amide bonds. The Bertz CT molecular complexity index is 756. The second-order valence-electron chi connectivity index (χ2n) is 6.04. The molecule has 0 fully saturated rings. The summed E-state index contributed by atoms with van der Waals surface area (Å²) in [5.74, 6) is 0.959. The fourth-order valence-electron chi connectivity index (χ4n) is 2.54. The number of hydrogen-bond donors (Lipinski definition) is 2. The van der Waals surface area contributed by atoms with E-state index in [1.54, 1.807) is 0 Å². The molecule has 0 saturated heterocycles. The summed E-state index contributed by atoms with van der Waals surface area (Å²) in [7, 11) is -3.10. The number of guanidine groups is 1. The summed E-state index contributed by atoms with van der Waals surface area (Å²) < 4.78 is 26.5. The molecule has 1 heterocycles. The van der Waals surface area contributed by atoms with Gasteiger partial charge in [0.05, 0.1) is 11.5 Å². The maximum Gasteiger partial charge on any atom is 0.191 e. The third kappa shape index (κ3) is 7.74. The van der Waals surface area contributed by atoms with E-state index >= 15 is 0 Å². The van der Waals surface area contributed by atoms with Crippen molar-refractivity contribution >= 4 is 15.8 Å². The highest BCUT2D eigenvalue weighted by Gasteiger charge is 2.11. The molecular formula is C19H28N4O2S. The lowest BCUT2D eigenvalue weighted by Gasteiger charge is -2.11. The lowest BCUT2D eigenvalue weighted by atomic mass is 10.2. The van der Waals surface area contributed by atoms with Gasteiger partial charge in [0.2, 0.25) is 0 Å². The zero-order chi connectivity index (χ0) is 18.7. The van der Waals surface area contributed by atoms with Gasteiger partial charge in [-0.05, 0) is 31.0 Å². The van der Waals surface area contributed by atoms with Gasteiger partial charge in [-0.1, -0.05) is 30.3 Å². The summed E-state index contributed by atoms with van der Waals surface area (Å²) in [4.78, 5) is 4.46. The second-order valence-corrected chi connectivity index (χ2v) is 8.22. The first-order chi connectivity index (χ1) is 12.6. The van der Waals surface area contributed by atoms with Gasteiger partial charge in [0.25, 0.3) is 0 Å². The van der Waals surface area contributed by atoms with Crippen molar-refractivity contribution < 1.29 is 8.42 Å². The molecule has 2 N–H and O–H groups in total. The molecule has 26 heavy (non-hydrogen) atoms. The van der Waals surface area contributed by atoms with Gasteiger partial charge in [0.15, 0.2) is 15.8 Å². The smallest absolute Gasteiger partial charge is 0.191 e. The molecular weight excluding hydrogens is 348 g/mol. The van der Waals surface area contributed by atoms with Crippen molar-refractivity contribution in [1.82, 2.24) is 15.2 Å². The summed E-state index contributed by atoms with van der Waals surface area (Å²) in [6, 6.07) is 13.3.